The van der Waals surface area contributed by atoms with E-state index in [4.69, 9.17) is 14.6 Å². The van der Waals surface area contributed by atoms with Crippen molar-refractivity contribution in [2.45, 2.75) is 96.9 Å². The Morgan fingerprint density at radius 2 is 1.73 bits per heavy atom. The summed E-state index contributed by atoms with van der Waals surface area (Å²) in [7, 11) is -1.32. The van der Waals surface area contributed by atoms with Gasteiger partial charge in [0, 0.05) is 44.1 Å². The first-order valence-electron chi connectivity index (χ1n) is 15.6. The van der Waals surface area contributed by atoms with Gasteiger partial charge in [-0.1, -0.05) is 19.6 Å². The van der Waals surface area contributed by atoms with Crippen molar-refractivity contribution in [3.05, 3.63) is 41.1 Å². The lowest BCUT2D eigenvalue weighted by atomic mass is 9.91. The fourth-order valence-electron chi connectivity index (χ4n) is 5.73. The number of hydrogen-bond donors (Lipinski definition) is 3. The maximum Gasteiger partial charge on any atom is 0.404 e. The monoisotopic (exact) mass is 625 g/mol. The van der Waals surface area contributed by atoms with Crippen LogP contribution in [0, 0.1) is 25.6 Å². The normalized spacial score (nSPS) is 18.8. The topological polar surface area (TPSA) is 128 Å². The van der Waals surface area contributed by atoms with Gasteiger partial charge in [0.15, 0.2) is 0 Å². The number of fused-ring (bicyclic) bond motifs is 1. The molecule has 3 aromatic rings. The van der Waals surface area contributed by atoms with Gasteiger partial charge in [-0.25, -0.2) is 19.2 Å². The van der Waals surface area contributed by atoms with Crippen LogP contribution in [0.1, 0.15) is 60.1 Å². The minimum Gasteiger partial charge on any atom is -0.492 e. The van der Waals surface area contributed by atoms with Gasteiger partial charge in [0.05, 0.1) is 17.7 Å². The van der Waals surface area contributed by atoms with Crippen LogP contribution in [0.3, 0.4) is 0 Å². The predicted molar refractivity (Wildman–Crippen MR) is 169 cm³/mol. The maximum atomic E-state index is 14.8. The number of carboxylic acid groups (broad SMARTS) is 1. The predicted octanol–water partition coefficient (Wildman–Crippen LogP) is 6.26. The summed E-state index contributed by atoms with van der Waals surface area (Å²) in [5.41, 5.74) is 3.96. The van der Waals surface area contributed by atoms with Crippen LogP contribution in [-0.4, -0.2) is 65.0 Å². The lowest BCUT2D eigenvalue weighted by Crippen LogP contribution is -2.43. The minimum atomic E-state index is -1.32. The number of halogens is 1. The van der Waals surface area contributed by atoms with Crippen molar-refractivity contribution in [1.82, 2.24) is 25.2 Å². The van der Waals surface area contributed by atoms with E-state index in [9.17, 15) is 14.0 Å². The number of amides is 2. The van der Waals surface area contributed by atoms with Gasteiger partial charge in [-0.15, -0.1) is 0 Å². The molecular weight excluding hydrogens is 581 g/mol. The van der Waals surface area contributed by atoms with Crippen molar-refractivity contribution in [2.24, 2.45) is 5.92 Å². The van der Waals surface area contributed by atoms with Crippen LogP contribution < -0.4 is 15.4 Å². The zero-order chi connectivity index (χ0) is 31.6. The van der Waals surface area contributed by atoms with E-state index >= 15 is 0 Å². The average Bonchev–Trinajstić information content (AvgIpc) is 3.74. The zero-order valence-corrected chi connectivity index (χ0v) is 27.3. The first-order valence-corrected chi connectivity index (χ1v) is 19.3. The number of nitrogens with zero attached hydrogens (tertiary/aromatic N) is 3. The summed E-state index contributed by atoms with van der Waals surface area (Å²) in [6.45, 7) is 11.8. The Labute approximate surface area is 258 Å². The summed E-state index contributed by atoms with van der Waals surface area (Å²) in [6.07, 6.45) is 5.28. The molecular formula is C32H44FN5O5Si. The van der Waals surface area contributed by atoms with Gasteiger partial charge < -0.3 is 29.8 Å². The SMILES string of the molecule is Cc1cc(-c2ncnc3c(C(=O)N[C@H]4CC[C@@H](NC(=O)O)CC4)c(C)n(COCC[Si](C)(C)C)c23)c(OCC2CC2)cc1F. The van der Waals surface area contributed by atoms with E-state index in [0.717, 1.165) is 18.9 Å². The number of ether oxygens (including phenoxy) is 2. The standard InChI is InChI=1S/C32H44FN5O5Si/c1-19-14-24(26(15-25(19)33)43-16-21-6-7-21)28-30-29(35-17-34-28)27(20(2)38(30)18-42-12-13-44(3,4)5)31(39)36-22-8-10-23(11-9-22)37-32(40)41/h14-15,17,21-23,37H,6-13,16,18H2,1-5H3,(H,36,39)(H,40,41)/t22-,23+. The third kappa shape index (κ3) is 7.58. The van der Waals surface area contributed by atoms with E-state index in [1.54, 1.807) is 13.0 Å². The summed E-state index contributed by atoms with van der Waals surface area (Å²) in [6, 6.07) is 3.99. The zero-order valence-electron chi connectivity index (χ0n) is 26.3. The van der Waals surface area contributed by atoms with Gasteiger partial charge in [0.1, 0.15) is 35.8 Å². The molecule has 2 amide bonds. The number of benzene rings is 1. The fourth-order valence-corrected chi connectivity index (χ4v) is 6.49. The molecule has 0 saturated heterocycles. The molecule has 0 radical (unpaired) electrons. The first kappa shape index (κ1) is 31.9. The van der Waals surface area contributed by atoms with Crippen molar-refractivity contribution in [1.29, 1.82) is 0 Å². The molecule has 10 nitrogen and oxygen atoms in total. The number of nitrogens with one attached hydrogen (secondary N) is 2. The quantitative estimate of drug-likeness (QED) is 0.160. The van der Waals surface area contributed by atoms with Gasteiger partial charge in [-0.05, 0) is 76.0 Å². The molecule has 2 aliphatic carbocycles. The Morgan fingerprint density at radius 3 is 2.36 bits per heavy atom. The van der Waals surface area contributed by atoms with Crippen molar-refractivity contribution in [3.63, 3.8) is 0 Å². The van der Waals surface area contributed by atoms with Crippen LogP contribution in [0.15, 0.2) is 18.5 Å². The second-order valence-corrected chi connectivity index (χ2v) is 19.1. The van der Waals surface area contributed by atoms with Gasteiger partial charge >= 0.3 is 6.09 Å². The van der Waals surface area contributed by atoms with Gasteiger partial charge in [-0.2, -0.15) is 0 Å². The Balaban J connectivity index is 1.51. The Kier molecular flexibility index (Phi) is 9.59. The van der Waals surface area contributed by atoms with Gasteiger partial charge in [-0.3, -0.25) is 4.79 Å². The highest BCUT2D eigenvalue weighted by molar-refractivity contribution is 6.76. The van der Waals surface area contributed by atoms with Crippen molar-refractivity contribution in [2.75, 3.05) is 13.2 Å². The molecule has 5 rings (SSSR count). The number of aromatic nitrogens is 3. The Hall–Kier alpha value is -3.51. The van der Waals surface area contributed by atoms with Crippen LogP contribution in [-0.2, 0) is 11.5 Å². The van der Waals surface area contributed by atoms with E-state index in [1.807, 2.05) is 11.5 Å². The molecule has 3 N–H and O–H groups in total. The molecule has 0 spiro atoms. The molecule has 1 aromatic carbocycles. The van der Waals surface area contributed by atoms with Crippen molar-refractivity contribution < 1.29 is 28.6 Å². The number of carbonyl (C=O) groups excluding carboxylic acids is 1. The summed E-state index contributed by atoms with van der Waals surface area (Å²) in [5.74, 6) is 0.309. The third-order valence-electron chi connectivity index (χ3n) is 8.62. The van der Waals surface area contributed by atoms with Crippen LogP contribution in [0.25, 0.3) is 22.3 Å². The minimum absolute atomic E-state index is 0.0800. The summed E-state index contributed by atoms with van der Waals surface area (Å²) in [4.78, 5) is 34.2. The lowest BCUT2D eigenvalue weighted by molar-refractivity contribution is 0.0877. The molecule has 2 aliphatic rings. The highest BCUT2D eigenvalue weighted by Crippen LogP contribution is 2.39. The molecule has 2 heterocycles. The van der Waals surface area contributed by atoms with Gasteiger partial charge in [0.25, 0.3) is 5.91 Å². The molecule has 44 heavy (non-hydrogen) atoms. The largest absolute Gasteiger partial charge is 0.492 e. The van der Waals surface area contributed by atoms with E-state index in [1.165, 1.54) is 12.4 Å². The van der Waals surface area contributed by atoms with Crippen LogP contribution in [0.2, 0.25) is 25.7 Å². The summed E-state index contributed by atoms with van der Waals surface area (Å²) in [5, 5.41) is 14.8. The van der Waals surface area contributed by atoms with Crippen molar-refractivity contribution >= 4 is 31.1 Å². The molecule has 12 heteroatoms. The number of hydrogen-bond acceptors (Lipinski definition) is 6. The Bertz CT molecular complexity index is 1530. The maximum absolute atomic E-state index is 14.8. The van der Waals surface area contributed by atoms with Crippen LogP contribution >= 0.6 is 0 Å². The second kappa shape index (κ2) is 13.2. The average molecular weight is 626 g/mol. The molecule has 238 valence electrons. The molecule has 2 saturated carbocycles. The molecule has 0 bridgehead atoms. The van der Waals surface area contributed by atoms with Crippen LogP contribution in [0.4, 0.5) is 9.18 Å². The Morgan fingerprint density at radius 1 is 1.05 bits per heavy atom. The highest BCUT2D eigenvalue weighted by Gasteiger charge is 2.30. The second-order valence-electron chi connectivity index (χ2n) is 13.5. The van der Waals surface area contributed by atoms with E-state index < -0.39 is 14.2 Å². The number of carbonyl (C=O) groups is 2. The smallest absolute Gasteiger partial charge is 0.404 e. The third-order valence-corrected chi connectivity index (χ3v) is 10.3. The summed E-state index contributed by atoms with van der Waals surface area (Å²) >= 11 is 0. The first-order chi connectivity index (χ1) is 20.9. The summed E-state index contributed by atoms with van der Waals surface area (Å²) < 4.78 is 29.0. The molecule has 2 aromatic heterocycles. The molecule has 0 unspecified atom stereocenters. The van der Waals surface area contributed by atoms with Gasteiger partial charge in [0.2, 0.25) is 0 Å². The molecule has 0 aliphatic heterocycles. The molecule has 2 fully saturated rings. The fraction of sp³-hybridized carbons (Fsp3) is 0.562. The van der Waals surface area contributed by atoms with E-state index in [-0.39, 0.29) is 30.5 Å². The van der Waals surface area contributed by atoms with Crippen molar-refractivity contribution in [3.8, 4) is 17.0 Å². The van der Waals surface area contributed by atoms with E-state index in [2.05, 4.69) is 40.2 Å². The lowest BCUT2D eigenvalue weighted by Gasteiger charge is -2.28. The van der Waals surface area contributed by atoms with Crippen LogP contribution in [0.5, 0.6) is 5.75 Å². The molecule has 0 atom stereocenters. The van der Waals surface area contributed by atoms with E-state index in [0.29, 0.717) is 89.7 Å². The highest BCUT2D eigenvalue weighted by atomic mass is 28.3. The number of aryl methyl sites for hydroxylation is 1. The number of rotatable bonds is 12.